The van der Waals surface area contributed by atoms with Gasteiger partial charge in [-0.1, -0.05) is 13.8 Å². The zero-order valence-electron chi connectivity index (χ0n) is 8.89. The van der Waals surface area contributed by atoms with Crippen molar-refractivity contribution in [3.63, 3.8) is 0 Å². The molecule has 1 aliphatic carbocycles. The molecule has 3 N–H and O–H groups in total. The Labute approximate surface area is 91.3 Å². The van der Waals surface area contributed by atoms with Gasteiger partial charge in [-0.15, -0.1) is 0 Å². The van der Waals surface area contributed by atoms with Crippen LogP contribution in [0.2, 0.25) is 0 Å². The number of hydrogen-bond donors (Lipinski definition) is 3. The van der Waals surface area contributed by atoms with E-state index in [-0.39, 0.29) is 11.9 Å². The average Bonchev–Trinajstić information content (AvgIpc) is 2.58. The van der Waals surface area contributed by atoms with Gasteiger partial charge in [-0.25, -0.2) is 5.10 Å². The highest BCUT2D eigenvalue weighted by Crippen LogP contribution is 2.58. The molecule has 1 aromatic heterocycles. The number of nitrogens with zero attached hydrogens (tertiary/aromatic N) is 2. The zero-order chi connectivity index (χ0) is 11.9. The Hall–Kier alpha value is -1.92. The van der Waals surface area contributed by atoms with Crippen molar-refractivity contribution in [2.24, 2.45) is 17.3 Å². The van der Waals surface area contributed by atoms with Crippen LogP contribution in [0.3, 0.4) is 0 Å². The molecule has 0 aromatic carbocycles. The summed E-state index contributed by atoms with van der Waals surface area (Å²) in [7, 11) is 0. The molecule has 1 saturated carbocycles. The van der Waals surface area contributed by atoms with Crippen molar-refractivity contribution in [3.8, 4) is 0 Å². The van der Waals surface area contributed by atoms with Crippen LogP contribution in [-0.2, 0) is 9.59 Å². The molecule has 86 valence electrons. The van der Waals surface area contributed by atoms with Crippen LogP contribution in [0.15, 0.2) is 6.33 Å². The Morgan fingerprint density at radius 3 is 2.62 bits per heavy atom. The summed E-state index contributed by atoms with van der Waals surface area (Å²) in [5.41, 5.74) is -0.504. The fraction of sp³-hybridized carbons (Fsp3) is 0.556. The second-order valence-electron chi connectivity index (χ2n) is 4.44. The molecule has 0 bridgehead atoms. The summed E-state index contributed by atoms with van der Waals surface area (Å²) in [6.45, 7) is 3.52. The van der Waals surface area contributed by atoms with E-state index < -0.39 is 23.2 Å². The van der Waals surface area contributed by atoms with Crippen LogP contribution in [0.4, 0.5) is 5.95 Å². The lowest BCUT2D eigenvalue weighted by atomic mass is 10.1. The van der Waals surface area contributed by atoms with Crippen molar-refractivity contribution >= 4 is 17.8 Å². The number of aromatic amines is 1. The van der Waals surface area contributed by atoms with E-state index in [1.54, 1.807) is 13.8 Å². The normalized spacial score (nSPS) is 26.1. The van der Waals surface area contributed by atoms with Gasteiger partial charge in [-0.2, -0.15) is 10.1 Å². The van der Waals surface area contributed by atoms with Gasteiger partial charge in [0, 0.05) is 0 Å². The van der Waals surface area contributed by atoms with E-state index in [0.29, 0.717) is 0 Å². The molecular weight excluding hydrogens is 212 g/mol. The Morgan fingerprint density at radius 1 is 1.50 bits per heavy atom. The third kappa shape index (κ3) is 1.54. The highest BCUT2D eigenvalue weighted by Gasteiger charge is 2.65. The van der Waals surface area contributed by atoms with Crippen LogP contribution >= 0.6 is 0 Å². The number of aromatic nitrogens is 3. The summed E-state index contributed by atoms with van der Waals surface area (Å²) in [6.07, 6.45) is 1.27. The maximum atomic E-state index is 11.7. The Balaban J connectivity index is 2.05. The van der Waals surface area contributed by atoms with E-state index in [0.717, 1.165) is 0 Å². The maximum absolute atomic E-state index is 11.7. The number of rotatable bonds is 3. The largest absolute Gasteiger partial charge is 0.481 e. The minimum Gasteiger partial charge on any atom is -0.481 e. The molecule has 0 saturated heterocycles. The third-order valence-electron chi connectivity index (χ3n) is 3.03. The summed E-state index contributed by atoms with van der Waals surface area (Å²) >= 11 is 0. The van der Waals surface area contributed by atoms with E-state index in [9.17, 15) is 9.59 Å². The summed E-state index contributed by atoms with van der Waals surface area (Å²) in [5, 5.41) is 17.5. The van der Waals surface area contributed by atoms with Crippen LogP contribution in [0.1, 0.15) is 13.8 Å². The molecule has 0 aliphatic heterocycles. The van der Waals surface area contributed by atoms with Crippen molar-refractivity contribution in [1.29, 1.82) is 0 Å². The molecule has 0 spiro atoms. The average molecular weight is 224 g/mol. The molecular formula is C9H12N4O3. The van der Waals surface area contributed by atoms with Gasteiger partial charge in [0.25, 0.3) is 0 Å². The molecule has 1 aromatic rings. The van der Waals surface area contributed by atoms with Crippen molar-refractivity contribution in [2.45, 2.75) is 13.8 Å². The number of carboxylic acid groups (broad SMARTS) is 1. The van der Waals surface area contributed by atoms with Gasteiger partial charge in [0.1, 0.15) is 6.33 Å². The fourth-order valence-electron chi connectivity index (χ4n) is 2.05. The van der Waals surface area contributed by atoms with E-state index in [1.165, 1.54) is 6.33 Å². The molecule has 1 amide bonds. The lowest BCUT2D eigenvalue weighted by Gasteiger charge is -2.01. The second kappa shape index (κ2) is 3.29. The number of carboxylic acids is 1. The molecule has 7 nitrogen and oxygen atoms in total. The first kappa shape index (κ1) is 10.6. The predicted octanol–water partition coefficient (Wildman–Crippen LogP) is 0.1000. The van der Waals surface area contributed by atoms with Gasteiger partial charge >= 0.3 is 5.97 Å². The minimum atomic E-state index is -0.942. The number of amides is 1. The second-order valence-corrected chi connectivity index (χ2v) is 4.44. The first-order valence-electron chi connectivity index (χ1n) is 4.83. The third-order valence-corrected chi connectivity index (χ3v) is 3.03. The van der Waals surface area contributed by atoms with Gasteiger partial charge in [-0.05, 0) is 5.41 Å². The summed E-state index contributed by atoms with van der Waals surface area (Å²) < 4.78 is 0. The van der Waals surface area contributed by atoms with Crippen LogP contribution in [0.5, 0.6) is 0 Å². The molecule has 1 aliphatic rings. The molecule has 16 heavy (non-hydrogen) atoms. The lowest BCUT2D eigenvalue weighted by molar-refractivity contribution is -0.140. The first-order valence-corrected chi connectivity index (χ1v) is 4.83. The smallest absolute Gasteiger partial charge is 0.307 e. The minimum absolute atomic E-state index is 0.233. The molecule has 7 heteroatoms. The van der Waals surface area contributed by atoms with Crippen molar-refractivity contribution < 1.29 is 14.7 Å². The molecule has 0 radical (unpaired) electrons. The van der Waals surface area contributed by atoms with E-state index >= 15 is 0 Å². The Bertz CT molecular complexity index is 426. The summed E-state index contributed by atoms with van der Waals surface area (Å²) in [4.78, 5) is 26.4. The van der Waals surface area contributed by atoms with Crippen LogP contribution in [0, 0.1) is 17.3 Å². The van der Waals surface area contributed by atoms with Gasteiger partial charge in [0.2, 0.25) is 11.9 Å². The molecule has 1 fully saturated rings. The monoisotopic (exact) mass is 224 g/mol. The van der Waals surface area contributed by atoms with Gasteiger partial charge < -0.3 is 5.11 Å². The highest BCUT2D eigenvalue weighted by atomic mass is 16.4. The van der Waals surface area contributed by atoms with Crippen LogP contribution < -0.4 is 5.32 Å². The van der Waals surface area contributed by atoms with Gasteiger partial charge in [-0.3, -0.25) is 14.9 Å². The van der Waals surface area contributed by atoms with E-state index in [4.69, 9.17) is 5.11 Å². The fourth-order valence-corrected chi connectivity index (χ4v) is 2.05. The highest BCUT2D eigenvalue weighted by molar-refractivity contribution is 5.98. The molecule has 0 unspecified atom stereocenters. The number of anilines is 1. The van der Waals surface area contributed by atoms with Crippen LogP contribution in [-0.4, -0.2) is 32.2 Å². The number of H-pyrrole nitrogens is 1. The van der Waals surface area contributed by atoms with Crippen molar-refractivity contribution in [3.05, 3.63) is 6.33 Å². The summed E-state index contributed by atoms with van der Waals surface area (Å²) in [5.74, 6) is -2.20. The van der Waals surface area contributed by atoms with Gasteiger partial charge in [0.15, 0.2) is 0 Å². The Kier molecular flexibility index (Phi) is 2.18. The predicted molar refractivity (Wildman–Crippen MR) is 53.4 cm³/mol. The first-order chi connectivity index (χ1) is 7.44. The standard InChI is InChI=1S/C9H12N4O3/c1-9(2)4(5(9)7(15)16)6(14)12-8-10-3-11-13-8/h3-5H,1-2H3,(H,15,16)(H2,10,11,12,13,14)/t4-,5-/m1/s1. The zero-order valence-corrected chi connectivity index (χ0v) is 8.89. The van der Waals surface area contributed by atoms with Crippen LogP contribution in [0.25, 0.3) is 0 Å². The SMILES string of the molecule is CC1(C)[C@@H](C(=O)O)[C@@H]1C(=O)Nc1ncn[nH]1. The van der Waals surface area contributed by atoms with E-state index in [2.05, 4.69) is 20.5 Å². The number of carbonyl (C=O) groups is 2. The summed E-state index contributed by atoms with van der Waals surface area (Å²) in [6, 6.07) is 0. The number of hydrogen-bond acceptors (Lipinski definition) is 4. The maximum Gasteiger partial charge on any atom is 0.307 e. The molecule has 1 heterocycles. The van der Waals surface area contributed by atoms with Crippen molar-refractivity contribution in [2.75, 3.05) is 5.32 Å². The molecule has 2 rings (SSSR count). The number of aliphatic carboxylic acids is 1. The van der Waals surface area contributed by atoms with Crippen molar-refractivity contribution in [1.82, 2.24) is 15.2 Å². The van der Waals surface area contributed by atoms with Gasteiger partial charge in [0.05, 0.1) is 11.8 Å². The lowest BCUT2D eigenvalue weighted by Crippen LogP contribution is -2.18. The Morgan fingerprint density at radius 2 is 2.19 bits per heavy atom. The number of carbonyl (C=O) groups excluding carboxylic acids is 1. The topological polar surface area (TPSA) is 108 Å². The number of nitrogens with one attached hydrogen (secondary N) is 2. The molecule has 2 atom stereocenters. The quantitative estimate of drug-likeness (QED) is 0.674. The van der Waals surface area contributed by atoms with E-state index in [1.807, 2.05) is 0 Å².